The van der Waals surface area contributed by atoms with Gasteiger partial charge < -0.3 is 25.1 Å². The van der Waals surface area contributed by atoms with Crippen LogP contribution in [0.25, 0.3) is 21.5 Å². The van der Waals surface area contributed by atoms with Gasteiger partial charge in [0.1, 0.15) is 11.5 Å². The predicted octanol–water partition coefficient (Wildman–Crippen LogP) is 11.1. The third kappa shape index (κ3) is 14.2. The number of phenols is 2. The standard InChI is InChI=1S/2C10H9.2C7H5F3O.2CH3.Si.Zr/c2*1-8-6-9-4-2-3-5-10(9)7-8;2*8-7(9,10)5-1-3-6(11)4-2-5;;;;/h2*2-7H,1H3;2*1-4,11H;2*1H3;;/q2*-1;;;2*-1;;. The first kappa shape index (κ1) is 42.4. The monoisotopic (exact) mass is 730 g/mol. The molecule has 6 rings (SSSR count). The third-order valence-corrected chi connectivity index (χ3v) is 5.91. The Morgan fingerprint density at radius 1 is 0.522 bits per heavy atom. The Balaban J connectivity index is 0.000000568. The van der Waals surface area contributed by atoms with E-state index in [0.717, 1.165) is 48.5 Å². The van der Waals surface area contributed by atoms with Crippen molar-refractivity contribution in [3.63, 3.8) is 0 Å². The minimum absolute atomic E-state index is 0. The van der Waals surface area contributed by atoms with Crippen LogP contribution >= 0.6 is 0 Å². The summed E-state index contributed by atoms with van der Waals surface area (Å²) in [5.74, 6) is -0.337. The van der Waals surface area contributed by atoms with Gasteiger partial charge in [-0.05, 0) is 48.5 Å². The van der Waals surface area contributed by atoms with Gasteiger partial charge in [-0.2, -0.15) is 38.5 Å². The Morgan fingerprint density at radius 2 is 0.804 bits per heavy atom. The van der Waals surface area contributed by atoms with E-state index in [9.17, 15) is 26.3 Å². The molecule has 0 aromatic heterocycles. The third-order valence-electron chi connectivity index (χ3n) is 5.91. The first-order valence-corrected chi connectivity index (χ1v) is 17.1. The van der Waals surface area contributed by atoms with Crippen LogP contribution in [0.15, 0.2) is 121 Å². The van der Waals surface area contributed by atoms with Crippen molar-refractivity contribution < 1.29 is 59.9 Å². The number of rotatable bonds is 0. The molecular formula is C36H34F6O2SiZr-4. The van der Waals surface area contributed by atoms with E-state index in [1.165, 1.54) is 56.0 Å². The normalized spacial score (nSPS) is 10.2. The number of aryl methyl sites for hydroxylation is 2. The van der Waals surface area contributed by atoms with Crippen molar-refractivity contribution in [1.29, 1.82) is 0 Å². The first-order chi connectivity index (χ1) is 20.7. The van der Waals surface area contributed by atoms with Crippen molar-refractivity contribution in [1.82, 2.24) is 0 Å². The zero-order valence-electron chi connectivity index (χ0n) is 25.7. The van der Waals surface area contributed by atoms with Crippen LogP contribution in [-0.4, -0.2) is 17.1 Å². The van der Waals surface area contributed by atoms with Crippen molar-refractivity contribution in [2.45, 2.75) is 26.2 Å². The molecule has 0 spiro atoms. The number of hydrogen-bond donors (Lipinski definition) is 2. The molecule has 0 aliphatic rings. The number of fused-ring (bicyclic) bond motifs is 2. The maximum atomic E-state index is 11.8. The van der Waals surface area contributed by atoms with Crippen molar-refractivity contribution in [3.8, 4) is 11.5 Å². The van der Waals surface area contributed by atoms with Crippen LogP contribution in [-0.2, 0) is 35.7 Å². The molecule has 2 nitrogen and oxygen atoms in total. The molecule has 0 unspecified atom stereocenters. The second kappa shape index (κ2) is 19.8. The maximum absolute atomic E-state index is 11.8. The molecule has 2 radical (unpaired) electrons. The summed E-state index contributed by atoms with van der Waals surface area (Å²) in [6, 6.07) is 33.0. The molecule has 0 fully saturated rings. The first-order valence-electron chi connectivity index (χ1n) is 12.9. The quantitative estimate of drug-likeness (QED) is 0.0928. The summed E-state index contributed by atoms with van der Waals surface area (Å²) in [6.45, 7) is 7.31. The van der Waals surface area contributed by atoms with Crippen LogP contribution < -0.4 is 0 Å². The molecule has 244 valence electrons. The van der Waals surface area contributed by atoms with Crippen LogP contribution in [0.3, 0.4) is 0 Å². The van der Waals surface area contributed by atoms with Crippen molar-refractivity contribution in [2.24, 2.45) is 0 Å². The van der Waals surface area contributed by atoms with Crippen molar-refractivity contribution >= 4 is 28.4 Å². The number of hydrogen-bond acceptors (Lipinski definition) is 2. The van der Waals surface area contributed by atoms with E-state index in [0.29, 0.717) is 0 Å². The van der Waals surface area contributed by atoms with Gasteiger partial charge >= 0.3 is 42.6 Å². The number of alkyl halides is 6. The fourth-order valence-corrected chi connectivity index (χ4v) is 3.91. The van der Waals surface area contributed by atoms with Crippen LogP contribution in [0.2, 0.25) is 0 Å². The van der Waals surface area contributed by atoms with Gasteiger partial charge in [0.05, 0.1) is 11.1 Å². The van der Waals surface area contributed by atoms with E-state index in [-0.39, 0.29) is 26.4 Å². The second-order valence-electron chi connectivity index (χ2n) is 9.41. The molecule has 10 heteroatoms. The van der Waals surface area contributed by atoms with Gasteiger partial charge in [-0.25, -0.2) is 0 Å². The zero-order valence-corrected chi connectivity index (χ0v) is 29.2. The Labute approximate surface area is 283 Å². The zero-order chi connectivity index (χ0) is 32.9. The van der Waals surface area contributed by atoms with Gasteiger partial charge in [-0.1, -0.05) is 26.0 Å². The Kier molecular flexibility index (Phi) is 18.2. The molecule has 0 atom stereocenters. The van der Waals surface area contributed by atoms with E-state index in [2.05, 4.69) is 93.5 Å². The average Bonchev–Trinajstić information content (AvgIpc) is 3.55. The molecule has 0 saturated heterocycles. The summed E-state index contributed by atoms with van der Waals surface area (Å²) in [4.78, 5) is 0. The number of halogens is 6. The fraction of sp³-hybridized carbons (Fsp3) is 0.111. The van der Waals surface area contributed by atoms with Gasteiger partial charge in [0, 0.05) is 0 Å². The summed E-state index contributed by atoms with van der Waals surface area (Å²) >= 11 is 1.36. The van der Waals surface area contributed by atoms with Crippen molar-refractivity contribution in [2.75, 3.05) is 0 Å². The van der Waals surface area contributed by atoms with E-state index in [1.807, 2.05) is 0 Å². The summed E-state index contributed by atoms with van der Waals surface area (Å²) in [7, 11) is 0. The van der Waals surface area contributed by atoms with Gasteiger partial charge in [-0.15, -0.1) is 81.2 Å². The molecule has 0 heterocycles. The van der Waals surface area contributed by atoms with E-state index >= 15 is 0 Å². The van der Waals surface area contributed by atoms with Crippen LogP contribution in [0.1, 0.15) is 22.3 Å². The molecule has 6 aromatic rings. The van der Waals surface area contributed by atoms with Gasteiger partial charge in [0.2, 0.25) is 0 Å². The molecular weight excluding hydrogens is 698 g/mol. The van der Waals surface area contributed by atoms with Gasteiger partial charge in [0.15, 0.2) is 0 Å². The van der Waals surface area contributed by atoms with E-state index < -0.39 is 23.5 Å². The molecule has 46 heavy (non-hydrogen) atoms. The number of benzene rings is 4. The predicted molar refractivity (Wildman–Crippen MR) is 173 cm³/mol. The van der Waals surface area contributed by atoms with Gasteiger partial charge in [0.25, 0.3) is 0 Å². The fourth-order valence-electron chi connectivity index (χ4n) is 3.91. The molecule has 6 aromatic carbocycles. The Bertz CT molecular complexity index is 1510. The molecule has 0 bridgehead atoms. The second-order valence-corrected chi connectivity index (χ2v) is 9.41. The Hall–Kier alpha value is -3.62. The van der Waals surface area contributed by atoms with Gasteiger partial charge in [-0.3, -0.25) is 0 Å². The summed E-state index contributed by atoms with van der Waals surface area (Å²) in [5, 5.41) is 22.7. The van der Waals surface area contributed by atoms with E-state index in [4.69, 9.17) is 10.2 Å². The van der Waals surface area contributed by atoms with E-state index in [1.54, 1.807) is 0 Å². The van der Waals surface area contributed by atoms with Crippen LogP contribution in [0.5, 0.6) is 11.5 Å². The average molecular weight is 732 g/mol. The van der Waals surface area contributed by atoms with Crippen molar-refractivity contribution in [3.05, 3.63) is 158 Å². The topological polar surface area (TPSA) is 40.5 Å². The SMILES string of the molecule is Cc1cc2ccccc2[cH-]1.Cc1cc2ccccc2[cH-]1.Oc1ccc(C(F)(F)F)cc1.Oc1ccc(C(F)(F)F)cc1.[CH3-].[CH3-].[Si]=[Zr]. The summed E-state index contributed by atoms with van der Waals surface area (Å²) in [6.07, 6.45) is -8.65. The molecule has 0 aliphatic heterocycles. The molecule has 0 saturated carbocycles. The number of aromatic hydroxyl groups is 2. The van der Waals surface area contributed by atoms with Crippen LogP contribution in [0, 0.1) is 28.7 Å². The molecule has 2 N–H and O–H groups in total. The molecule has 0 aliphatic carbocycles. The summed E-state index contributed by atoms with van der Waals surface area (Å²) < 4.78 is 71.0. The van der Waals surface area contributed by atoms with Crippen LogP contribution in [0.4, 0.5) is 26.3 Å². The Morgan fingerprint density at radius 3 is 1.07 bits per heavy atom. The molecule has 0 amide bonds. The summed E-state index contributed by atoms with van der Waals surface area (Å²) in [5.41, 5.74) is 1.19. The minimum atomic E-state index is -4.33. The number of phenolic OH excluding ortho intramolecular Hbond substituents is 2.